The Morgan fingerprint density at radius 1 is 1.24 bits per heavy atom. The van der Waals surface area contributed by atoms with Crippen molar-refractivity contribution in [2.75, 3.05) is 19.5 Å². The highest BCUT2D eigenvalue weighted by Crippen LogP contribution is 2.22. The zero-order valence-corrected chi connectivity index (χ0v) is 18.3. The van der Waals surface area contributed by atoms with E-state index >= 15 is 0 Å². The van der Waals surface area contributed by atoms with Crippen LogP contribution in [0.3, 0.4) is 0 Å². The number of rotatable bonds is 9. The van der Waals surface area contributed by atoms with Crippen LogP contribution in [-0.4, -0.2) is 34.8 Å². The van der Waals surface area contributed by atoms with Crippen molar-refractivity contribution in [1.29, 1.82) is 0 Å². The highest BCUT2D eigenvalue weighted by molar-refractivity contribution is 9.10. The summed E-state index contributed by atoms with van der Waals surface area (Å²) in [5.74, 6) is 0.244. The Labute approximate surface area is 180 Å². The molecule has 0 fully saturated rings. The molecule has 29 heavy (non-hydrogen) atoms. The summed E-state index contributed by atoms with van der Waals surface area (Å²) in [5, 5.41) is 1.16. The Hall–Kier alpha value is -2.03. The standard InChI is InChI=1S/C21H20BrFN2O3S/c1-28-11-10-25-20(27)17-13-15(22)6-9-18(17)24-21(25)29-12-2-3-19(26)14-4-7-16(23)8-5-14/h4-9,13H,2-3,10-12H2,1H3. The highest BCUT2D eigenvalue weighted by Gasteiger charge is 2.13. The smallest absolute Gasteiger partial charge is 0.262 e. The van der Waals surface area contributed by atoms with Crippen molar-refractivity contribution in [3.63, 3.8) is 0 Å². The zero-order chi connectivity index (χ0) is 20.8. The van der Waals surface area contributed by atoms with Gasteiger partial charge in [-0.05, 0) is 48.9 Å². The second-order valence-corrected chi connectivity index (χ2v) is 8.37. The van der Waals surface area contributed by atoms with E-state index in [-0.39, 0.29) is 17.2 Å². The molecule has 0 saturated heterocycles. The van der Waals surface area contributed by atoms with Crippen LogP contribution in [0.5, 0.6) is 0 Å². The number of hydrogen-bond acceptors (Lipinski definition) is 5. The summed E-state index contributed by atoms with van der Waals surface area (Å²) in [6.45, 7) is 0.805. The predicted octanol–water partition coefficient (Wildman–Crippen LogP) is 4.70. The molecular weight excluding hydrogens is 459 g/mol. The summed E-state index contributed by atoms with van der Waals surface area (Å²) in [6, 6.07) is 11.0. The number of Topliss-reactive ketones (excluding diaryl/α,β-unsaturated/α-hetero) is 1. The first kappa shape index (κ1) is 21.7. The van der Waals surface area contributed by atoms with Gasteiger partial charge in [0.1, 0.15) is 5.82 Å². The number of fused-ring (bicyclic) bond motifs is 1. The number of carbonyl (C=O) groups is 1. The van der Waals surface area contributed by atoms with E-state index < -0.39 is 0 Å². The zero-order valence-electron chi connectivity index (χ0n) is 15.9. The second-order valence-electron chi connectivity index (χ2n) is 6.39. The van der Waals surface area contributed by atoms with Crippen molar-refractivity contribution >= 4 is 44.4 Å². The van der Waals surface area contributed by atoms with Crippen LogP contribution in [0.25, 0.3) is 10.9 Å². The van der Waals surface area contributed by atoms with Crippen LogP contribution >= 0.6 is 27.7 Å². The van der Waals surface area contributed by atoms with Crippen LogP contribution in [0, 0.1) is 5.82 Å². The van der Waals surface area contributed by atoms with E-state index in [0.717, 1.165) is 4.47 Å². The van der Waals surface area contributed by atoms with E-state index in [9.17, 15) is 14.0 Å². The third-order valence-corrected chi connectivity index (χ3v) is 5.90. The van der Waals surface area contributed by atoms with Gasteiger partial charge in [0.2, 0.25) is 0 Å². The first-order valence-electron chi connectivity index (χ1n) is 9.10. The molecule has 0 bridgehead atoms. The molecule has 1 aromatic heterocycles. The minimum absolute atomic E-state index is 0.0290. The number of halogens is 2. The lowest BCUT2D eigenvalue weighted by atomic mass is 10.1. The van der Waals surface area contributed by atoms with E-state index in [1.165, 1.54) is 36.0 Å². The molecule has 8 heteroatoms. The molecule has 3 aromatic rings. The van der Waals surface area contributed by atoms with Crippen molar-refractivity contribution in [2.45, 2.75) is 24.5 Å². The van der Waals surface area contributed by atoms with E-state index in [1.807, 2.05) is 12.1 Å². The molecule has 3 rings (SSSR count). The Bertz CT molecular complexity index is 1070. The Kier molecular flexibility index (Phi) is 7.57. The normalized spacial score (nSPS) is 11.1. The van der Waals surface area contributed by atoms with Gasteiger partial charge in [0, 0.05) is 29.3 Å². The number of ether oxygens (including phenoxy) is 1. The molecule has 5 nitrogen and oxygen atoms in total. The van der Waals surface area contributed by atoms with Gasteiger partial charge in [0.25, 0.3) is 5.56 Å². The molecule has 0 atom stereocenters. The maximum Gasteiger partial charge on any atom is 0.262 e. The van der Waals surface area contributed by atoms with Crippen molar-refractivity contribution < 1.29 is 13.9 Å². The van der Waals surface area contributed by atoms with Gasteiger partial charge in [0.15, 0.2) is 10.9 Å². The average Bonchev–Trinajstić information content (AvgIpc) is 2.71. The van der Waals surface area contributed by atoms with Crippen LogP contribution in [0.2, 0.25) is 0 Å². The second kappa shape index (κ2) is 10.1. The monoisotopic (exact) mass is 478 g/mol. The van der Waals surface area contributed by atoms with Crippen LogP contribution < -0.4 is 5.56 Å². The summed E-state index contributed by atoms with van der Waals surface area (Å²) < 4.78 is 20.5. The minimum Gasteiger partial charge on any atom is -0.383 e. The number of hydrogen-bond donors (Lipinski definition) is 0. The number of nitrogens with zero attached hydrogens (tertiary/aromatic N) is 2. The fraction of sp³-hybridized carbons (Fsp3) is 0.286. The lowest BCUT2D eigenvalue weighted by Gasteiger charge is -2.13. The molecule has 0 aliphatic rings. The molecule has 0 saturated carbocycles. The number of carbonyl (C=O) groups excluding carboxylic acids is 1. The SMILES string of the molecule is COCCn1c(SCCCC(=O)c2ccc(F)cc2)nc2ccc(Br)cc2c1=O. The fourth-order valence-electron chi connectivity index (χ4n) is 2.84. The molecule has 0 amide bonds. The van der Waals surface area contributed by atoms with Crippen LogP contribution in [0.1, 0.15) is 23.2 Å². The van der Waals surface area contributed by atoms with Gasteiger partial charge in [-0.3, -0.25) is 14.2 Å². The number of methoxy groups -OCH3 is 1. The van der Waals surface area contributed by atoms with Crippen LogP contribution in [0.15, 0.2) is 56.9 Å². The number of thioether (sulfide) groups is 1. The summed E-state index contributed by atoms with van der Waals surface area (Å²) in [6.07, 6.45) is 0.973. The van der Waals surface area contributed by atoms with Gasteiger partial charge in [-0.25, -0.2) is 9.37 Å². The minimum atomic E-state index is -0.361. The molecule has 1 heterocycles. The maximum absolute atomic E-state index is 13.0. The molecule has 2 aromatic carbocycles. The summed E-state index contributed by atoms with van der Waals surface area (Å²) in [7, 11) is 1.59. The average molecular weight is 479 g/mol. The van der Waals surface area contributed by atoms with E-state index in [2.05, 4.69) is 20.9 Å². The number of benzene rings is 2. The lowest BCUT2D eigenvalue weighted by Crippen LogP contribution is -2.25. The Morgan fingerprint density at radius 3 is 2.72 bits per heavy atom. The first-order valence-corrected chi connectivity index (χ1v) is 10.9. The predicted molar refractivity (Wildman–Crippen MR) is 116 cm³/mol. The molecule has 0 unspecified atom stereocenters. The van der Waals surface area contributed by atoms with Gasteiger partial charge in [-0.15, -0.1) is 0 Å². The molecule has 0 spiro atoms. The molecular formula is C21H20BrFN2O3S. The molecule has 0 aliphatic carbocycles. The van der Waals surface area contributed by atoms with Crippen molar-refractivity contribution in [1.82, 2.24) is 9.55 Å². The third-order valence-electron chi connectivity index (χ3n) is 4.35. The molecule has 0 radical (unpaired) electrons. The van der Waals surface area contributed by atoms with Gasteiger partial charge in [-0.1, -0.05) is 27.7 Å². The Morgan fingerprint density at radius 2 is 2.00 bits per heavy atom. The van der Waals surface area contributed by atoms with Crippen LogP contribution in [-0.2, 0) is 11.3 Å². The molecule has 0 N–H and O–H groups in total. The summed E-state index contributed by atoms with van der Waals surface area (Å²) in [5.41, 5.74) is 1.03. The van der Waals surface area contributed by atoms with Gasteiger partial charge >= 0.3 is 0 Å². The van der Waals surface area contributed by atoms with Crippen molar-refractivity contribution in [3.05, 3.63) is 68.7 Å². The lowest BCUT2D eigenvalue weighted by molar-refractivity contribution is 0.0982. The first-order chi connectivity index (χ1) is 14.0. The number of ketones is 1. The van der Waals surface area contributed by atoms with E-state index in [0.29, 0.717) is 53.4 Å². The third kappa shape index (κ3) is 5.52. The fourth-order valence-corrected chi connectivity index (χ4v) is 4.16. The Balaban J connectivity index is 1.71. The van der Waals surface area contributed by atoms with E-state index in [4.69, 9.17) is 4.74 Å². The topological polar surface area (TPSA) is 61.2 Å². The largest absolute Gasteiger partial charge is 0.383 e. The molecule has 152 valence electrons. The van der Waals surface area contributed by atoms with Crippen molar-refractivity contribution in [3.8, 4) is 0 Å². The van der Waals surface area contributed by atoms with Gasteiger partial charge in [0.05, 0.1) is 24.1 Å². The molecule has 0 aliphatic heterocycles. The summed E-state index contributed by atoms with van der Waals surface area (Å²) in [4.78, 5) is 29.8. The van der Waals surface area contributed by atoms with Crippen LogP contribution in [0.4, 0.5) is 4.39 Å². The van der Waals surface area contributed by atoms with Gasteiger partial charge < -0.3 is 4.74 Å². The maximum atomic E-state index is 13.0. The van der Waals surface area contributed by atoms with E-state index in [1.54, 1.807) is 17.7 Å². The van der Waals surface area contributed by atoms with Gasteiger partial charge in [-0.2, -0.15) is 0 Å². The quantitative estimate of drug-likeness (QED) is 0.193. The highest BCUT2D eigenvalue weighted by atomic mass is 79.9. The summed E-state index contributed by atoms with van der Waals surface area (Å²) >= 11 is 4.83. The van der Waals surface area contributed by atoms with Crippen molar-refractivity contribution in [2.24, 2.45) is 0 Å². The number of aromatic nitrogens is 2.